The fraction of sp³-hybridized carbons (Fsp3) is 0.417. The first-order valence-corrected chi connectivity index (χ1v) is 5.85. The summed E-state index contributed by atoms with van der Waals surface area (Å²) < 4.78 is 5.06. The Morgan fingerprint density at radius 3 is 2.94 bits per heavy atom. The van der Waals surface area contributed by atoms with E-state index in [2.05, 4.69) is 15.1 Å². The zero-order chi connectivity index (χ0) is 13.1. The van der Waals surface area contributed by atoms with E-state index in [1.807, 2.05) is 19.1 Å². The Morgan fingerprint density at radius 2 is 2.28 bits per heavy atom. The fourth-order valence-electron chi connectivity index (χ4n) is 1.60. The zero-order valence-corrected chi connectivity index (χ0v) is 10.4. The molecule has 18 heavy (non-hydrogen) atoms. The molecule has 6 nitrogen and oxygen atoms in total. The Kier molecular flexibility index (Phi) is 3.69. The molecule has 2 aromatic rings. The lowest BCUT2D eigenvalue weighted by molar-refractivity contribution is 0.146. The monoisotopic (exact) mass is 248 g/mol. The molecule has 2 aromatic heterocycles. The Morgan fingerprint density at radius 1 is 1.50 bits per heavy atom. The standard InChI is InChI=1S/C12H16N4O2/c1-3-8-5-4-6-14-10(8)11-15-12(18-16-11)9(13)7(2)17/h4-7,9,17H,3,13H2,1-2H3/t7-,9+/m1/s1. The average molecular weight is 248 g/mol. The van der Waals surface area contributed by atoms with E-state index in [1.54, 1.807) is 13.1 Å². The van der Waals surface area contributed by atoms with Gasteiger partial charge in [-0.15, -0.1) is 0 Å². The van der Waals surface area contributed by atoms with Gasteiger partial charge in [0.05, 0.1) is 6.10 Å². The molecule has 3 N–H and O–H groups in total. The normalized spacial score (nSPS) is 14.4. The van der Waals surface area contributed by atoms with Crippen molar-refractivity contribution in [1.82, 2.24) is 15.1 Å². The van der Waals surface area contributed by atoms with Crippen molar-refractivity contribution in [2.24, 2.45) is 5.73 Å². The molecule has 2 heterocycles. The van der Waals surface area contributed by atoms with Crippen LogP contribution in [0.4, 0.5) is 0 Å². The molecule has 0 saturated heterocycles. The quantitative estimate of drug-likeness (QED) is 0.840. The molecule has 0 amide bonds. The summed E-state index contributed by atoms with van der Waals surface area (Å²) in [5, 5.41) is 13.2. The number of aromatic nitrogens is 3. The van der Waals surface area contributed by atoms with Crippen molar-refractivity contribution < 1.29 is 9.63 Å². The van der Waals surface area contributed by atoms with Crippen LogP contribution in [0, 0.1) is 0 Å². The third-order valence-corrected chi connectivity index (χ3v) is 2.73. The van der Waals surface area contributed by atoms with E-state index in [9.17, 15) is 5.11 Å². The molecule has 0 unspecified atom stereocenters. The van der Waals surface area contributed by atoms with Gasteiger partial charge in [-0.3, -0.25) is 4.98 Å². The predicted octanol–water partition coefficient (Wildman–Crippen LogP) is 1.07. The summed E-state index contributed by atoms with van der Waals surface area (Å²) in [5.41, 5.74) is 7.46. The summed E-state index contributed by atoms with van der Waals surface area (Å²) in [5.74, 6) is 0.617. The van der Waals surface area contributed by atoms with Gasteiger partial charge in [0.25, 0.3) is 0 Å². The molecule has 0 aliphatic heterocycles. The van der Waals surface area contributed by atoms with Crippen LogP contribution in [0.1, 0.15) is 31.3 Å². The third-order valence-electron chi connectivity index (χ3n) is 2.73. The first-order chi connectivity index (χ1) is 8.63. The minimum absolute atomic E-state index is 0.215. The number of rotatable bonds is 4. The Labute approximate surface area is 105 Å². The number of nitrogens with zero attached hydrogens (tertiary/aromatic N) is 3. The molecular formula is C12H16N4O2. The minimum atomic E-state index is -0.743. The highest BCUT2D eigenvalue weighted by Crippen LogP contribution is 2.20. The first-order valence-electron chi connectivity index (χ1n) is 5.85. The molecule has 2 rings (SSSR count). The van der Waals surface area contributed by atoms with Gasteiger partial charge < -0.3 is 15.4 Å². The largest absolute Gasteiger partial charge is 0.391 e. The van der Waals surface area contributed by atoms with Crippen LogP contribution in [0.5, 0.6) is 0 Å². The van der Waals surface area contributed by atoms with Crippen molar-refractivity contribution in [3.63, 3.8) is 0 Å². The molecule has 96 valence electrons. The number of nitrogens with two attached hydrogens (primary N) is 1. The molecule has 0 bridgehead atoms. The van der Waals surface area contributed by atoms with E-state index >= 15 is 0 Å². The van der Waals surface area contributed by atoms with Gasteiger partial charge in [0, 0.05) is 6.20 Å². The maximum Gasteiger partial charge on any atom is 0.246 e. The molecule has 0 radical (unpaired) electrons. The van der Waals surface area contributed by atoms with E-state index in [-0.39, 0.29) is 5.89 Å². The van der Waals surface area contributed by atoms with E-state index in [0.717, 1.165) is 12.0 Å². The van der Waals surface area contributed by atoms with Crippen molar-refractivity contribution >= 4 is 0 Å². The number of aliphatic hydroxyl groups is 1. The van der Waals surface area contributed by atoms with Crippen molar-refractivity contribution in [3.05, 3.63) is 29.8 Å². The summed E-state index contributed by atoms with van der Waals surface area (Å²) >= 11 is 0. The van der Waals surface area contributed by atoms with Crippen molar-refractivity contribution in [3.8, 4) is 11.5 Å². The number of hydrogen-bond donors (Lipinski definition) is 2. The topological polar surface area (TPSA) is 98.1 Å². The van der Waals surface area contributed by atoms with Gasteiger partial charge in [-0.25, -0.2) is 0 Å². The van der Waals surface area contributed by atoms with Crippen LogP contribution < -0.4 is 5.73 Å². The van der Waals surface area contributed by atoms with E-state index in [4.69, 9.17) is 10.3 Å². The van der Waals surface area contributed by atoms with Crippen LogP contribution in [0.3, 0.4) is 0 Å². The second-order valence-electron chi connectivity index (χ2n) is 4.09. The first kappa shape index (κ1) is 12.7. The third kappa shape index (κ3) is 2.39. The Bertz CT molecular complexity index is 524. The molecule has 0 aliphatic rings. The molecule has 6 heteroatoms. The maximum absolute atomic E-state index is 9.39. The Hall–Kier alpha value is -1.79. The summed E-state index contributed by atoms with van der Waals surface area (Å²) in [6.07, 6.45) is 1.77. The van der Waals surface area contributed by atoms with Crippen LogP contribution in [0.2, 0.25) is 0 Å². The highest BCUT2D eigenvalue weighted by molar-refractivity contribution is 5.53. The summed E-state index contributed by atoms with van der Waals surface area (Å²) in [4.78, 5) is 8.43. The van der Waals surface area contributed by atoms with Crippen molar-refractivity contribution in [2.45, 2.75) is 32.4 Å². The van der Waals surface area contributed by atoms with Gasteiger partial charge in [0.2, 0.25) is 11.7 Å². The van der Waals surface area contributed by atoms with Gasteiger partial charge in [-0.1, -0.05) is 18.1 Å². The lowest BCUT2D eigenvalue weighted by atomic mass is 10.1. The van der Waals surface area contributed by atoms with Crippen LogP contribution >= 0.6 is 0 Å². The number of pyridine rings is 1. The smallest absolute Gasteiger partial charge is 0.246 e. The number of aryl methyl sites for hydroxylation is 1. The van der Waals surface area contributed by atoms with Crippen LogP contribution in [0.15, 0.2) is 22.9 Å². The second-order valence-corrected chi connectivity index (χ2v) is 4.09. The lowest BCUT2D eigenvalue weighted by Gasteiger charge is -2.08. The lowest BCUT2D eigenvalue weighted by Crippen LogP contribution is -2.23. The van der Waals surface area contributed by atoms with Gasteiger partial charge in [-0.05, 0) is 25.0 Å². The van der Waals surface area contributed by atoms with Gasteiger partial charge in [0.15, 0.2) is 0 Å². The molecule has 0 fully saturated rings. The highest BCUT2D eigenvalue weighted by atomic mass is 16.5. The zero-order valence-electron chi connectivity index (χ0n) is 10.4. The van der Waals surface area contributed by atoms with Crippen molar-refractivity contribution in [2.75, 3.05) is 0 Å². The van der Waals surface area contributed by atoms with Crippen LogP contribution in [-0.4, -0.2) is 26.3 Å². The number of hydrogen-bond acceptors (Lipinski definition) is 6. The molecule has 0 aliphatic carbocycles. The average Bonchev–Trinajstić information content (AvgIpc) is 2.87. The fourth-order valence-corrected chi connectivity index (χ4v) is 1.60. The van der Waals surface area contributed by atoms with Crippen LogP contribution in [-0.2, 0) is 6.42 Å². The van der Waals surface area contributed by atoms with Crippen LogP contribution in [0.25, 0.3) is 11.5 Å². The molecular weight excluding hydrogens is 232 g/mol. The highest BCUT2D eigenvalue weighted by Gasteiger charge is 2.21. The summed E-state index contributed by atoms with van der Waals surface area (Å²) in [6, 6.07) is 3.15. The van der Waals surface area contributed by atoms with Gasteiger partial charge in [-0.2, -0.15) is 4.98 Å². The van der Waals surface area contributed by atoms with Gasteiger partial charge in [0.1, 0.15) is 11.7 Å². The molecule has 0 saturated carbocycles. The van der Waals surface area contributed by atoms with E-state index in [1.165, 1.54) is 0 Å². The van der Waals surface area contributed by atoms with E-state index < -0.39 is 12.1 Å². The molecule has 0 spiro atoms. The maximum atomic E-state index is 9.39. The molecule has 0 aromatic carbocycles. The molecule has 2 atom stereocenters. The second kappa shape index (κ2) is 5.24. The minimum Gasteiger partial charge on any atom is -0.391 e. The number of aliphatic hydroxyl groups excluding tert-OH is 1. The summed E-state index contributed by atoms with van der Waals surface area (Å²) in [7, 11) is 0. The predicted molar refractivity (Wildman–Crippen MR) is 65.5 cm³/mol. The van der Waals surface area contributed by atoms with E-state index in [0.29, 0.717) is 11.5 Å². The SMILES string of the molecule is CCc1cccnc1-c1noc([C@@H](N)[C@@H](C)O)n1. The summed E-state index contributed by atoms with van der Waals surface area (Å²) in [6.45, 7) is 3.61. The Balaban J connectivity index is 2.35. The van der Waals surface area contributed by atoms with Gasteiger partial charge >= 0.3 is 0 Å². The van der Waals surface area contributed by atoms with Crippen molar-refractivity contribution in [1.29, 1.82) is 0 Å².